The van der Waals surface area contributed by atoms with Crippen LogP contribution in [0.2, 0.25) is 0 Å². The van der Waals surface area contributed by atoms with Gasteiger partial charge < -0.3 is 15.0 Å². The Bertz CT molecular complexity index is 1040. The van der Waals surface area contributed by atoms with Crippen LogP contribution in [-0.2, 0) is 6.18 Å². The molecule has 0 aliphatic rings. The zero-order valence-corrected chi connectivity index (χ0v) is 13.3. The first kappa shape index (κ1) is 17.5. The number of benzene rings is 1. The molecular formula is C17H12F3N3O3. The third kappa shape index (κ3) is 3.23. The Balaban J connectivity index is 1.94. The van der Waals surface area contributed by atoms with Gasteiger partial charge in [0.1, 0.15) is 16.9 Å². The van der Waals surface area contributed by atoms with Crippen molar-refractivity contribution in [3.63, 3.8) is 0 Å². The third-order valence-electron chi connectivity index (χ3n) is 3.63. The third-order valence-corrected chi connectivity index (χ3v) is 3.63. The number of amides is 1. The van der Waals surface area contributed by atoms with Gasteiger partial charge in [0.2, 0.25) is 11.3 Å². The molecule has 0 bridgehead atoms. The van der Waals surface area contributed by atoms with Gasteiger partial charge in [0, 0.05) is 17.1 Å². The molecule has 0 spiro atoms. The molecule has 0 atom stereocenters. The molecule has 2 aromatic heterocycles. The number of aromatic nitrogens is 2. The van der Waals surface area contributed by atoms with E-state index >= 15 is 0 Å². The first-order valence-corrected chi connectivity index (χ1v) is 7.35. The fourth-order valence-corrected chi connectivity index (χ4v) is 2.40. The van der Waals surface area contributed by atoms with Crippen molar-refractivity contribution in [2.75, 3.05) is 12.4 Å². The molecule has 26 heavy (non-hydrogen) atoms. The molecule has 6 nitrogen and oxygen atoms in total. The van der Waals surface area contributed by atoms with Crippen molar-refractivity contribution in [3.05, 3.63) is 63.9 Å². The molecule has 0 saturated carbocycles. The maximum Gasteiger partial charge on any atom is 0.421 e. The number of carbonyl (C=O) groups is 1. The minimum absolute atomic E-state index is 0.174. The molecule has 2 heterocycles. The van der Waals surface area contributed by atoms with E-state index in [9.17, 15) is 22.8 Å². The van der Waals surface area contributed by atoms with E-state index in [4.69, 9.17) is 0 Å². The van der Waals surface area contributed by atoms with Gasteiger partial charge in [-0.3, -0.25) is 9.59 Å². The van der Waals surface area contributed by atoms with Crippen LogP contribution in [0.1, 0.15) is 15.9 Å². The summed E-state index contributed by atoms with van der Waals surface area (Å²) in [5, 5.41) is 2.62. The number of pyridine rings is 2. The number of carbonyl (C=O) groups excluding carboxylic acids is 1. The Labute approximate surface area is 144 Å². The van der Waals surface area contributed by atoms with Crippen molar-refractivity contribution in [1.29, 1.82) is 0 Å². The Morgan fingerprint density at radius 3 is 2.62 bits per heavy atom. The molecule has 0 fully saturated rings. The van der Waals surface area contributed by atoms with Crippen LogP contribution >= 0.6 is 0 Å². The predicted octanol–water partition coefficient (Wildman–Crippen LogP) is 3.20. The summed E-state index contributed by atoms with van der Waals surface area (Å²) < 4.78 is 43.2. The van der Waals surface area contributed by atoms with Crippen LogP contribution in [0.3, 0.4) is 0 Å². The molecule has 1 amide bonds. The van der Waals surface area contributed by atoms with Crippen LogP contribution in [-0.4, -0.2) is 23.0 Å². The SMILES string of the molecule is COc1nc(NC(=O)c2c[nH]c3ccccc3c2=O)ccc1C(F)(F)F. The van der Waals surface area contributed by atoms with Crippen molar-refractivity contribution < 1.29 is 22.7 Å². The lowest BCUT2D eigenvalue weighted by atomic mass is 10.1. The monoisotopic (exact) mass is 363 g/mol. The Morgan fingerprint density at radius 2 is 1.92 bits per heavy atom. The summed E-state index contributed by atoms with van der Waals surface area (Å²) in [6, 6.07) is 8.35. The van der Waals surface area contributed by atoms with Crippen LogP contribution in [0, 0.1) is 0 Å². The normalized spacial score (nSPS) is 11.4. The van der Waals surface area contributed by atoms with Gasteiger partial charge in [-0.05, 0) is 24.3 Å². The molecule has 0 aliphatic heterocycles. The van der Waals surface area contributed by atoms with Crippen LogP contribution < -0.4 is 15.5 Å². The molecule has 2 N–H and O–H groups in total. The number of H-pyrrole nitrogens is 1. The number of hydrogen-bond acceptors (Lipinski definition) is 4. The smallest absolute Gasteiger partial charge is 0.421 e. The van der Waals surface area contributed by atoms with E-state index < -0.39 is 29.0 Å². The van der Waals surface area contributed by atoms with Crippen LogP contribution in [0.4, 0.5) is 19.0 Å². The van der Waals surface area contributed by atoms with Gasteiger partial charge in [-0.2, -0.15) is 18.2 Å². The average Bonchev–Trinajstić information content (AvgIpc) is 2.61. The minimum atomic E-state index is -4.64. The van der Waals surface area contributed by atoms with Crippen LogP contribution in [0.5, 0.6) is 5.88 Å². The van der Waals surface area contributed by atoms with E-state index in [1.54, 1.807) is 24.3 Å². The van der Waals surface area contributed by atoms with E-state index in [0.717, 1.165) is 19.2 Å². The first-order chi connectivity index (χ1) is 12.3. The van der Waals surface area contributed by atoms with Gasteiger partial charge in [-0.1, -0.05) is 12.1 Å². The molecule has 3 rings (SSSR count). The summed E-state index contributed by atoms with van der Waals surface area (Å²) in [6.45, 7) is 0. The zero-order valence-electron chi connectivity index (χ0n) is 13.3. The number of ether oxygens (including phenoxy) is 1. The number of nitrogens with zero attached hydrogens (tertiary/aromatic N) is 1. The lowest BCUT2D eigenvalue weighted by Crippen LogP contribution is -2.22. The van der Waals surface area contributed by atoms with Crippen molar-refractivity contribution in [2.45, 2.75) is 6.18 Å². The standard InChI is InChI=1S/C17H12F3N3O3/c1-26-16-11(17(18,19)20)6-7-13(23-16)22-15(25)10-8-21-12-5-3-2-4-9(12)14(10)24/h2-8H,1H3,(H,21,24)(H,22,23,25). The number of halogens is 3. The van der Waals surface area contributed by atoms with E-state index in [1.165, 1.54) is 6.20 Å². The molecule has 0 unspecified atom stereocenters. The highest BCUT2D eigenvalue weighted by Crippen LogP contribution is 2.35. The number of hydrogen-bond donors (Lipinski definition) is 2. The Morgan fingerprint density at radius 1 is 1.19 bits per heavy atom. The van der Waals surface area contributed by atoms with Crippen molar-refractivity contribution in [2.24, 2.45) is 0 Å². The minimum Gasteiger partial charge on any atom is -0.481 e. The lowest BCUT2D eigenvalue weighted by Gasteiger charge is -2.12. The summed E-state index contributed by atoms with van der Waals surface area (Å²) in [4.78, 5) is 31.2. The highest BCUT2D eigenvalue weighted by atomic mass is 19.4. The summed E-state index contributed by atoms with van der Waals surface area (Å²) >= 11 is 0. The maximum absolute atomic E-state index is 12.8. The van der Waals surface area contributed by atoms with E-state index in [2.05, 4.69) is 20.0 Å². The quantitative estimate of drug-likeness (QED) is 0.748. The highest BCUT2D eigenvalue weighted by Gasteiger charge is 2.35. The number of rotatable bonds is 3. The molecule has 134 valence electrons. The van der Waals surface area contributed by atoms with Gasteiger partial charge in [0.05, 0.1) is 7.11 Å². The van der Waals surface area contributed by atoms with Crippen molar-refractivity contribution >= 4 is 22.6 Å². The number of alkyl halides is 3. The van der Waals surface area contributed by atoms with Gasteiger partial charge in [0.15, 0.2) is 0 Å². The van der Waals surface area contributed by atoms with E-state index in [1.807, 2.05) is 0 Å². The molecule has 9 heteroatoms. The topological polar surface area (TPSA) is 84.1 Å². The molecule has 3 aromatic rings. The largest absolute Gasteiger partial charge is 0.481 e. The fraction of sp³-hybridized carbons (Fsp3) is 0.118. The highest BCUT2D eigenvalue weighted by molar-refractivity contribution is 6.05. The maximum atomic E-state index is 12.8. The van der Waals surface area contributed by atoms with Gasteiger partial charge >= 0.3 is 6.18 Å². The Hall–Kier alpha value is -3.36. The number of anilines is 1. The zero-order chi connectivity index (χ0) is 18.9. The van der Waals surface area contributed by atoms with Gasteiger partial charge in [0.25, 0.3) is 5.91 Å². The van der Waals surface area contributed by atoms with Crippen LogP contribution in [0.25, 0.3) is 10.9 Å². The Kier molecular flexibility index (Phi) is 4.37. The second kappa shape index (κ2) is 6.51. The predicted molar refractivity (Wildman–Crippen MR) is 88.3 cm³/mol. The second-order valence-electron chi connectivity index (χ2n) is 5.28. The first-order valence-electron chi connectivity index (χ1n) is 7.35. The molecule has 0 aliphatic carbocycles. The van der Waals surface area contributed by atoms with E-state index in [-0.39, 0.29) is 11.4 Å². The summed E-state index contributed by atoms with van der Waals surface area (Å²) in [5.74, 6) is -1.65. The van der Waals surface area contributed by atoms with Crippen molar-refractivity contribution in [1.82, 2.24) is 9.97 Å². The molecular weight excluding hydrogens is 351 g/mol. The summed E-state index contributed by atoms with van der Waals surface area (Å²) in [7, 11) is 1.04. The number of nitrogens with one attached hydrogen (secondary N) is 2. The van der Waals surface area contributed by atoms with Crippen LogP contribution in [0.15, 0.2) is 47.4 Å². The number of aromatic amines is 1. The molecule has 0 radical (unpaired) electrons. The fourth-order valence-electron chi connectivity index (χ4n) is 2.40. The summed E-state index contributed by atoms with van der Waals surface area (Å²) in [5.41, 5.74) is -1.20. The molecule has 1 aromatic carbocycles. The van der Waals surface area contributed by atoms with Crippen molar-refractivity contribution in [3.8, 4) is 5.88 Å². The lowest BCUT2D eigenvalue weighted by molar-refractivity contribution is -0.139. The van der Waals surface area contributed by atoms with Gasteiger partial charge in [-0.15, -0.1) is 0 Å². The second-order valence-corrected chi connectivity index (χ2v) is 5.28. The average molecular weight is 363 g/mol. The molecule has 0 saturated heterocycles. The number of methoxy groups -OCH3 is 1. The number of fused-ring (bicyclic) bond motifs is 1. The van der Waals surface area contributed by atoms with E-state index in [0.29, 0.717) is 10.9 Å². The number of para-hydroxylation sites is 1. The summed E-state index contributed by atoms with van der Waals surface area (Å²) in [6.07, 6.45) is -3.41. The van der Waals surface area contributed by atoms with Gasteiger partial charge in [-0.25, -0.2) is 0 Å².